The zero-order chi connectivity index (χ0) is 38.3. The number of carbonyl (C=O) groups is 5. The maximum atomic E-state index is 13.2. The average molecular weight is 749 g/mol. The number of carbonyl (C=O) groups excluding carboxylic acids is 4. The first-order valence-corrected chi connectivity index (χ1v) is 16.9. The van der Waals surface area contributed by atoms with E-state index in [4.69, 9.17) is 33.5 Å². The average Bonchev–Trinajstić information content (AvgIpc) is 3.66. The van der Waals surface area contributed by atoms with Crippen LogP contribution >= 0.6 is 22.7 Å². The van der Waals surface area contributed by atoms with Crippen LogP contribution in [0.5, 0.6) is 23.5 Å². The third-order valence-corrected chi connectivity index (χ3v) is 8.35. The van der Waals surface area contributed by atoms with Gasteiger partial charge in [0.2, 0.25) is 0 Å². The molecule has 1 unspecified atom stereocenters. The second-order valence-electron chi connectivity index (χ2n) is 12.6. The van der Waals surface area contributed by atoms with Crippen LogP contribution in [-0.2, 0) is 23.9 Å². The molecule has 1 atom stereocenters. The number of Topliss-reactive ketones (excluding diaryl/α,β-unsaturated/α-hetero) is 2. The molecular formula is C33H40N4O12S2. The van der Waals surface area contributed by atoms with Crippen molar-refractivity contribution >= 4 is 72.8 Å². The molecule has 0 aliphatic carbocycles. The Labute approximate surface area is 301 Å². The van der Waals surface area contributed by atoms with Gasteiger partial charge in [-0.05, 0) is 53.7 Å². The van der Waals surface area contributed by atoms with Crippen LogP contribution in [0.2, 0.25) is 0 Å². The molecule has 0 aromatic carbocycles. The topological polar surface area (TPSA) is 213 Å². The number of ketones is 2. The van der Waals surface area contributed by atoms with Gasteiger partial charge in [0.15, 0.2) is 11.6 Å². The number of ether oxygens (including phenoxy) is 6. The van der Waals surface area contributed by atoms with Gasteiger partial charge in [0, 0.05) is 6.42 Å². The Morgan fingerprint density at radius 1 is 0.667 bits per heavy atom. The number of aliphatic carboxylic acids is 1. The van der Waals surface area contributed by atoms with Crippen LogP contribution < -0.4 is 18.9 Å². The van der Waals surface area contributed by atoms with Crippen molar-refractivity contribution in [2.45, 2.75) is 72.0 Å². The fraction of sp³-hybridized carbons (Fsp3) is 0.485. The van der Waals surface area contributed by atoms with Crippen molar-refractivity contribution in [2.75, 3.05) is 28.4 Å². The second kappa shape index (κ2) is 16.8. The monoisotopic (exact) mass is 748 g/mol. The van der Waals surface area contributed by atoms with Crippen LogP contribution in [0.15, 0.2) is 12.1 Å². The lowest BCUT2D eigenvalue weighted by molar-refractivity contribution is -0.165. The van der Waals surface area contributed by atoms with Crippen molar-refractivity contribution in [3.63, 3.8) is 0 Å². The van der Waals surface area contributed by atoms with Crippen LogP contribution in [0.3, 0.4) is 0 Å². The number of methoxy groups -OCH3 is 4. The number of hydrogen-bond donors (Lipinski definition) is 1. The molecule has 0 aliphatic rings. The number of carboxylic acids is 1. The highest BCUT2D eigenvalue weighted by Gasteiger charge is 2.36. The number of hydrogen-bond acceptors (Lipinski definition) is 17. The van der Waals surface area contributed by atoms with Gasteiger partial charge in [0.25, 0.3) is 23.5 Å². The number of rotatable bonds is 13. The molecule has 276 valence electrons. The first-order valence-electron chi connectivity index (χ1n) is 15.3. The van der Waals surface area contributed by atoms with E-state index in [9.17, 15) is 24.0 Å². The summed E-state index contributed by atoms with van der Waals surface area (Å²) in [7, 11) is 5.75. The molecule has 0 fully saturated rings. The summed E-state index contributed by atoms with van der Waals surface area (Å²) >= 11 is 2.19. The standard InChI is InChI=1S/C21H28N2O7S.C12H12N2O5S/c1-20(2,3)29-14(24)9-11(19(26)30-21(4,5)6)15(25)13-10-12-18(31-13)23-17(28-8)16(22-12)27-7;1-18-10-11(19-2)14-12-6(13-10)5-8(20-12)7(15)3-4-9(16)17/h10-11H,9H2,1-8H3;5H,3-4H2,1-2H3,(H,16,17). The Balaban J connectivity index is 0.000000302. The van der Waals surface area contributed by atoms with Gasteiger partial charge in [0.1, 0.15) is 37.8 Å². The predicted molar refractivity (Wildman–Crippen MR) is 186 cm³/mol. The summed E-state index contributed by atoms with van der Waals surface area (Å²) in [5.74, 6) is -3.80. The second-order valence-corrected chi connectivity index (χ2v) is 14.7. The van der Waals surface area contributed by atoms with Crippen LogP contribution in [0, 0.1) is 5.92 Å². The van der Waals surface area contributed by atoms with Crippen LogP contribution in [0.25, 0.3) is 20.7 Å². The van der Waals surface area contributed by atoms with Gasteiger partial charge in [-0.1, -0.05) is 0 Å². The van der Waals surface area contributed by atoms with Crippen molar-refractivity contribution in [2.24, 2.45) is 5.92 Å². The van der Waals surface area contributed by atoms with E-state index in [0.29, 0.717) is 25.6 Å². The molecule has 0 spiro atoms. The van der Waals surface area contributed by atoms with E-state index in [-0.39, 0.29) is 47.0 Å². The third-order valence-electron chi connectivity index (χ3n) is 6.26. The minimum Gasteiger partial charge on any atom is -0.481 e. The van der Waals surface area contributed by atoms with Crippen molar-refractivity contribution in [3.05, 3.63) is 21.9 Å². The highest BCUT2D eigenvalue weighted by molar-refractivity contribution is 7.20. The van der Waals surface area contributed by atoms with Gasteiger partial charge in [-0.25, -0.2) is 9.97 Å². The Bertz CT molecular complexity index is 1840. The van der Waals surface area contributed by atoms with Crippen LogP contribution in [0.1, 0.15) is 80.1 Å². The van der Waals surface area contributed by atoms with Gasteiger partial charge in [-0.15, -0.1) is 22.7 Å². The third kappa shape index (κ3) is 11.3. The van der Waals surface area contributed by atoms with Gasteiger partial charge in [0.05, 0.1) is 51.0 Å². The lowest BCUT2D eigenvalue weighted by Crippen LogP contribution is -2.35. The number of nitrogens with zero attached hydrogens (tertiary/aromatic N) is 4. The zero-order valence-corrected chi connectivity index (χ0v) is 31.5. The molecule has 1 N–H and O–H groups in total. The Hall–Kier alpha value is -4.97. The van der Waals surface area contributed by atoms with Gasteiger partial charge in [-0.2, -0.15) is 9.97 Å². The lowest BCUT2D eigenvalue weighted by Gasteiger charge is -2.24. The van der Waals surface area contributed by atoms with Crippen molar-refractivity contribution in [1.29, 1.82) is 0 Å². The lowest BCUT2D eigenvalue weighted by atomic mass is 9.98. The number of thiophene rings is 2. The van der Waals surface area contributed by atoms with Crippen molar-refractivity contribution in [3.8, 4) is 23.5 Å². The van der Waals surface area contributed by atoms with Gasteiger partial charge < -0.3 is 33.5 Å². The summed E-state index contributed by atoms with van der Waals surface area (Å²) in [4.78, 5) is 79.3. The molecule has 4 aromatic rings. The zero-order valence-electron chi connectivity index (χ0n) is 29.9. The molecule has 0 bridgehead atoms. The molecule has 0 radical (unpaired) electrons. The molecule has 0 amide bonds. The summed E-state index contributed by atoms with van der Waals surface area (Å²) in [6.45, 7) is 10.2. The Morgan fingerprint density at radius 3 is 1.53 bits per heavy atom. The molecule has 0 saturated carbocycles. The highest BCUT2D eigenvalue weighted by atomic mass is 32.1. The highest BCUT2D eigenvalue weighted by Crippen LogP contribution is 2.33. The van der Waals surface area contributed by atoms with Crippen molar-refractivity contribution in [1.82, 2.24) is 19.9 Å². The quantitative estimate of drug-likeness (QED) is 0.104. The van der Waals surface area contributed by atoms with E-state index in [1.165, 1.54) is 34.5 Å². The Kier molecular flexibility index (Phi) is 13.3. The fourth-order valence-corrected chi connectivity index (χ4v) is 6.06. The maximum absolute atomic E-state index is 13.2. The molecular weight excluding hydrogens is 709 g/mol. The number of esters is 2. The first-order chi connectivity index (χ1) is 23.8. The van der Waals surface area contributed by atoms with Crippen molar-refractivity contribution < 1.29 is 57.5 Å². The molecule has 18 heteroatoms. The predicted octanol–water partition coefficient (Wildman–Crippen LogP) is 5.34. The first kappa shape index (κ1) is 40.5. The van der Waals surface area contributed by atoms with E-state index >= 15 is 0 Å². The number of carboxylic acid groups (broad SMARTS) is 1. The SMILES string of the molecule is COc1nc2cc(C(=O)C(CC(=O)OC(C)(C)C)C(=O)OC(C)(C)C)sc2nc1OC.COc1nc2cc(C(=O)CCC(=O)O)sc2nc1OC. The van der Waals surface area contributed by atoms with E-state index in [2.05, 4.69) is 19.9 Å². The van der Waals surface area contributed by atoms with E-state index in [1.54, 1.807) is 47.6 Å². The van der Waals surface area contributed by atoms with Gasteiger partial charge in [-0.3, -0.25) is 24.0 Å². The number of aromatic nitrogens is 4. The molecule has 0 saturated heterocycles. The normalized spacial score (nSPS) is 12.0. The van der Waals surface area contributed by atoms with E-state index < -0.39 is 47.2 Å². The largest absolute Gasteiger partial charge is 0.481 e. The fourth-order valence-electron chi connectivity index (χ4n) is 4.17. The molecule has 0 aliphatic heterocycles. The molecule has 51 heavy (non-hydrogen) atoms. The smallest absolute Gasteiger partial charge is 0.318 e. The summed E-state index contributed by atoms with van der Waals surface area (Å²) in [6, 6.07) is 3.09. The molecule has 4 heterocycles. The Morgan fingerprint density at radius 2 is 1.10 bits per heavy atom. The minimum absolute atomic E-state index is 0.0452. The maximum Gasteiger partial charge on any atom is 0.318 e. The number of fused-ring (bicyclic) bond motifs is 2. The summed E-state index contributed by atoms with van der Waals surface area (Å²) in [5, 5.41) is 8.58. The summed E-state index contributed by atoms with van der Waals surface area (Å²) < 4.78 is 31.0. The van der Waals surface area contributed by atoms with E-state index in [0.717, 1.165) is 22.7 Å². The van der Waals surface area contributed by atoms with E-state index in [1.807, 2.05) is 0 Å². The molecule has 4 rings (SSSR count). The molecule has 4 aromatic heterocycles. The minimum atomic E-state index is -1.36. The van der Waals surface area contributed by atoms with Gasteiger partial charge >= 0.3 is 17.9 Å². The summed E-state index contributed by atoms with van der Waals surface area (Å²) in [6.07, 6.45) is -0.677. The summed E-state index contributed by atoms with van der Waals surface area (Å²) in [5.41, 5.74) is -0.650. The van der Waals surface area contributed by atoms with Crippen LogP contribution in [0.4, 0.5) is 0 Å². The molecule has 16 nitrogen and oxygen atoms in total. The van der Waals surface area contributed by atoms with Crippen LogP contribution in [-0.4, -0.2) is 94.2 Å².